The normalized spacial score (nSPS) is 23.1. The Labute approximate surface area is 175 Å². The van der Waals surface area contributed by atoms with Crippen molar-refractivity contribution in [2.24, 2.45) is 5.92 Å². The highest BCUT2D eigenvalue weighted by Gasteiger charge is 2.35. The zero-order valence-electron chi connectivity index (χ0n) is 17.1. The molecule has 30 heavy (non-hydrogen) atoms. The summed E-state index contributed by atoms with van der Waals surface area (Å²) in [5, 5.41) is 0.505. The van der Waals surface area contributed by atoms with Gasteiger partial charge in [-0.1, -0.05) is 12.8 Å². The third kappa shape index (κ3) is 3.40. The highest BCUT2D eigenvalue weighted by atomic mass is 16.5. The molecule has 0 unspecified atom stereocenters. The maximum Gasteiger partial charge on any atom is 0.338 e. The van der Waals surface area contributed by atoms with Crippen molar-refractivity contribution in [3.8, 4) is 0 Å². The molecule has 2 aromatic rings. The molecule has 0 spiro atoms. The molecule has 2 fully saturated rings. The average Bonchev–Trinajstić information content (AvgIpc) is 3.25. The summed E-state index contributed by atoms with van der Waals surface area (Å²) in [6.45, 7) is 1.22. The van der Waals surface area contributed by atoms with Crippen molar-refractivity contribution < 1.29 is 14.3 Å². The van der Waals surface area contributed by atoms with Crippen LogP contribution in [-0.4, -0.2) is 45.5 Å². The van der Waals surface area contributed by atoms with Crippen molar-refractivity contribution in [2.45, 2.75) is 64.0 Å². The number of ether oxygens (including phenoxy) is 1. The van der Waals surface area contributed by atoms with Gasteiger partial charge in [-0.05, 0) is 56.2 Å². The maximum absolute atomic E-state index is 12.8. The second-order valence-corrected chi connectivity index (χ2v) is 8.74. The first-order valence-electron chi connectivity index (χ1n) is 11.1. The lowest BCUT2D eigenvalue weighted by Crippen LogP contribution is -2.50. The van der Waals surface area contributed by atoms with E-state index in [1.165, 1.54) is 25.7 Å². The molecule has 2 aliphatic heterocycles. The quantitative estimate of drug-likeness (QED) is 0.728. The number of hydrogen-bond donors (Lipinski definition) is 0. The van der Waals surface area contributed by atoms with E-state index < -0.39 is 5.97 Å². The Bertz CT molecular complexity index is 1060. The number of hydrogen-bond acceptors (Lipinski definition) is 5. The number of benzene rings is 1. The van der Waals surface area contributed by atoms with Crippen molar-refractivity contribution in [3.63, 3.8) is 0 Å². The standard InChI is InChI=1S/C23H27N3O4/c27-21(25-11-3-6-15-5-1-2-7-19(15)25)14-30-23(29)16-9-10-17-18(13-16)24-20-8-4-12-26(20)22(17)28/h9-10,13,15,19H,1-8,11-12,14H2/t15-,19-/m1/s1. The first-order valence-corrected chi connectivity index (χ1v) is 11.1. The maximum atomic E-state index is 12.8. The third-order valence-corrected chi connectivity index (χ3v) is 6.94. The van der Waals surface area contributed by atoms with E-state index in [-0.39, 0.29) is 18.1 Å². The number of carbonyl (C=O) groups is 2. The number of fused-ring (bicyclic) bond motifs is 3. The van der Waals surface area contributed by atoms with Gasteiger partial charge in [0.1, 0.15) is 5.82 Å². The summed E-state index contributed by atoms with van der Waals surface area (Å²) in [7, 11) is 0. The molecular weight excluding hydrogens is 382 g/mol. The van der Waals surface area contributed by atoms with Crippen molar-refractivity contribution >= 4 is 22.8 Å². The van der Waals surface area contributed by atoms with Crippen LogP contribution in [0.5, 0.6) is 0 Å². The minimum atomic E-state index is -0.551. The van der Waals surface area contributed by atoms with E-state index >= 15 is 0 Å². The number of nitrogens with zero attached hydrogens (tertiary/aromatic N) is 3. The fourth-order valence-electron chi connectivity index (χ4n) is 5.44. The monoisotopic (exact) mass is 409 g/mol. The average molecular weight is 409 g/mol. The highest BCUT2D eigenvalue weighted by Crippen LogP contribution is 2.35. The molecule has 1 aliphatic carbocycles. The highest BCUT2D eigenvalue weighted by molar-refractivity contribution is 5.95. The molecule has 3 aliphatic rings. The van der Waals surface area contributed by atoms with Crippen LogP contribution in [0.3, 0.4) is 0 Å². The smallest absolute Gasteiger partial charge is 0.338 e. The molecule has 7 heteroatoms. The Morgan fingerprint density at radius 3 is 2.80 bits per heavy atom. The van der Waals surface area contributed by atoms with Gasteiger partial charge in [0, 0.05) is 25.6 Å². The molecule has 0 bridgehead atoms. The molecule has 1 saturated heterocycles. The minimum Gasteiger partial charge on any atom is -0.452 e. The minimum absolute atomic E-state index is 0.0604. The van der Waals surface area contributed by atoms with Crippen molar-refractivity contribution in [2.75, 3.05) is 13.2 Å². The molecule has 158 valence electrons. The SMILES string of the molecule is O=C(OCC(=O)N1CCC[C@H]2CCCC[C@H]21)c1ccc2c(=O)n3c(nc2c1)CCC3. The fourth-order valence-corrected chi connectivity index (χ4v) is 5.44. The van der Waals surface area contributed by atoms with E-state index in [2.05, 4.69) is 4.98 Å². The fraction of sp³-hybridized carbons (Fsp3) is 0.565. The van der Waals surface area contributed by atoms with E-state index in [1.807, 2.05) is 4.90 Å². The number of likely N-dealkylation sites (tertiary alicyclic amines) is 1. The van der Waals surface area contributed by atoms with Crippen molar-refractivity contribution in [1.29, 1.82) is 0 Å². The summed E-state index contributed by atoms with van der Waals surface area (Å²) in [6.07, 6.45) is 8.57. The van der Waals surface area contributed by atoms with Gasteiger partial charge in [0.15, 0.2) is 6.61 Å². The number of aromatic nitrogens is 2. The van der Waals surface area contributed by atoms with Crippen LogP contribution >= 0.6 is 0 Å². The topological polar surface area (TPSA) is 81.5 Å². The lowest BCUT2D eigenvalue weighted by atomic mass is 9.78. The van der Waals surface area contributed by atoms with Crippen LogP contribution in [0.2, 0.25) is 0 Å². The molecule has 1 amide bonds. The number of aryl methyl sites for hydroxylation is 1. The van der Waals surface area contributed by atoms with Gasteiger partial charge in [-0.15, -0.1) is 0 Å². The summed E-state index contributed by atoms with van der Waals surface area (Å²) >= 11 is 0. The van der Waals surface area contributed by atoms with Gasteiger partial charge in [0.25, 0.3) is 11.5 Å². The number of rotatable bonds is 3. The van der Waals surface area contributed by atoms with Crippen molar-refractivity contribution in [3.05, 3.63) is 39.9 Å². The Morgan fingerprint density at radius 1 is 1.07 bits per heavy atom. The number of carbonyl (C=O) groups excluding carboxylic acids is 2. The molecule has 0 radical (unpaired) electrons. The van der Waals surface area contributed by atoms with E-state index in [0.29, 0.717) is 35.0 Å². The predicted octanol–water partition coefficient (Wildman–Crippen LogP) is 2.68. The van der Waals surface area contributed by atoms with Crippen LogP contribution in [0.15, 0.2) is 23.0 Å². The Morgan fingerprint density at radius 2 is 1.90 bits per heavy atom. The molecule has 1 aromatic carbocycles. The van der Waals surface area contributed by atoms with E-state index in [4.69, 9.17) is 4.74 Å². The van der Waals surface area contributed by atoms with Crippen LogP contribution < -0.4 is 5.56 Å². The predicted molar refractivity (Wildman–Crippen MR) is 111 cm³/mol. The second-order valence-electron chi connectivity index (χ2n) is 8.74. The number of amides is 1. The first kappa shape index (κ1) is 19.3. The molecule has 0 N–H and O–H groups in total. The third-order valence-electron chi connectivity index (χ3n) is 6.94. The van der Waals surface area contributed by atoms with Gasteiger partial charge < -0.3 is 9.64 Å². The van der Waals surface area contributed by atoms with Gasteiger partial charge in [0.05, 0.1) is 16.5 Å². The molecular formula is C23H27N3O4. The molecule has 3 heterocycles. The largest absolute Gasteiger partial charge is 0.452 e. The van der Waals surface area contributed by atoms with Crippen molar-refractivity contribution in [1.82, 2.24) is 14.5 Å². The van der Waals surface area contributed by atoms with Crippen LogP contribution in [0.1, 0.15) is 61.1 Å². The summed E-state index contributed by atoms with van der Waals surface area (Å²) in [6, 6.07) is 5.11. The van der Waals surface area contributed by atoms with E-state index in [1.54, 1.807) is 22.8 Å². The summed E-state index contributed by atoms with van der Waals surface area (Å²) < 4.78 is 7.06. The number of esters is 1. The molecule has 5 rings (SSSR count). The van der Waals surface area contributed by atoms with Gasteiger partial charge in [0.2, 0.25) is 0 Å². The second kappa shape index (κ2) is 7.85. The van der Waals surface area contributed by atoms with Gasteiger partial charge >= 0.3 is 5.97 Å². The lowest BCUT2D eigenvalue weighted by molar-refractivity contribution is -0.140. The van der Waals surface area contributed by atoms with Gasteiger partial charge in [-0.3, -0.25) is 14.2 Å². The van der Waals surface area contributed by atoms with Gasteiger partial charge in [-0.2, -0.15) is 0 Å². The van der Waals surface area contributed by atoms with Crippen LogP contribution in [0.25, 0.3) is 10.9 Å². The Kier molecular flexibility index (Phi) is 5.05. The van der Waals surface area contributed by atoms with Crippen LogP contribution in [-0.2, 0) is 22.5 Å². The molecule has 1 saturated carbocycles. The summed E-state index contributed by atoms with van der Waals surface area (Å²) in [5.74, 6) is 0.708. The van der Waals surface area contributed by atoms with E-state index in [0.717, 1.165) is 38.1 Å². The zero-order valence-corrected chi connectivity index (χ0v) is 17.1. The summed E-state index contributed by atoms with van der Waals surface area (Å²) in [5.41, 5.74) is 0.768. The lowest BCUT2D eigenvalue weighted by Gasteiger charge is -2.44. The molecule has 1 aromatic heterocycles. The molecule has 7 nitrogen and oxygen atoms in total. The van der Waals surface area contributed by atoms with Crippen LogP contribution in [0.4, 0.5) is 0 Å². The Balaban J connectivity index is 1.28. The van der Waals surface area contributed by atoms with Crippen LogP contribution in [0, 0.1) is 5.92 Å². The van der Waals surface area contributed by atoms with E-state index in [9.17, 15) is 14.4 Å². The first-order chi connectivity index (χ1) is 14.6. The zero-order chi connectivity index (χ0) is 20.7. The summed E-state index contributed by atoms with van der Waals surface area (Å²) in [4.78, 5) is 44.4. The van der Waals surface area contributed by atoms with Gasteiger partial charge in [-0.25, -0.2) is 9.78 Å². The number of piperidine rings is 1. The Hall–Kier alpha value is -2.70. The molecule has 2 atom stereocenters.